The Morgan fingerprint density at radius 1 is 1.12 bits per heavy atom. The van der Waals surface area contributed by atoms with Crippen molar-refractivity contribution in [3.05, 3.63) is 65.7 Å². The maximum Gasteiger partial charge on any atom is 0.345 e. The van der Waals surface area contributed by atoms with Crippen molar-refractivity contribution >= 4 is 5.97 Å². The Morgan fingerprint density at radius 3 is 2.65 bits per heavy atom. The topological polar surface area (TPSA) is 78.8 Å². The zero-order valence-electron chi connectivity index (χ0n) is 14.7. The van der Waals surface area contributed by atoms with Crippen LogP contribution in [0.3, 0.4) is 0 Å². The summed E-state index contributed by atoms with van der Waals surface area (Å²) in [4.78, 5) is 12.2. The quantitative estimate of drug-likeness (QED) is 0.548. The number of ether oxygens (including phenoxy) is 1. The molecule has 138 valence electrons. The van der Waals surface area contributed by atoms with Crippen LogP contribution in [0.25, 0.3) is 0 Å². The Morgan fingerprint density at radius 2 is 1.88 bits per heavy atom. The van der Waals surface area contributed by atoms with Gasteiger partial charge in [0, 0.05) is 12.6 Å². The van der Waals surface area contributed by atoms with Crippen molar-refractivity contribution in [2.24, 2.45) is 0 Å². The summed E-state index contributed by atoms with van der Waals surface area (Å²) < 4.78 is 5.32. The van der Waals surface area contributed by atoms with E-state index in [1.54, 1.807) is 36.4 Å². The van der Waals surface area contributed by atoms with Gasteiger partial charge in [0.2, 0.25) is 0 Å². The standard InChI is InChI=1S/C21H25NO4/c23-19-12-5-4-11-18(19)22-14-15-7-6-10-17(13-15)26-21(25)20(24)16-8-2-1-3-9-16/h1-3,6-10,13,18-20,22-24H,4-5,11-12,14H2/t18-,19-,20+/m0/s1. The number of rotatable bonds is 6. The third kappa shape index (κ3) is 4.91. The van der Waals surface area contributed by atoms with E-state index in [-0.39, 0.29) is 12.1 Å². The van der Waals surface area contributed by atoms with E-state index in [0.717, 1.165) is 31.2 Å². The van der Waals surface area contributed by atoms with Crippen molar-refractivity contribution in [1.29, 1.82) is 0 Å². The van der Waals surface area contributed by atoms with Crippen LogP contribution in [0.5, 0.6) is 5.75 Å². The minimum absolute atomic E-state index is 0.106. The second kappa shape index (κ2) is 8.94. The van der Waals surface area contributed by atoms with Gasteiger partial charge in [-0.1, -0.05) is 55.3 Å². The lowest BCUT2D eigenvalue weighted by atomic mass is 9.92. The number of carbonyl (C=O) groups excluding carboxylic acids is 1. The molecule has 1 aliphatic carbocycles. The van der Waals surface area contributed by atoms with Crippen LogP contribution in [-0.4, -0.2) is 28.3 Å². The van der Waals surface area contributed by atoms with Gasteiger partial charge in [-0.05, 0) is 36.1 Å². The third-order valence-electron chi connectivity index (χ3n) is 4.75. The second-order valence-corrected chi connectivity index (χ2v) is 6.72. The first-order chi connectivity index (χ1) is 12.6. The zero-order chi connectivity index (χ0) is 18.4. The molecule has 1 saturated carbocycles. The van der Waals surface area contributed by atoms with E-state index in [9.17, 15) is 15.0 Å². The van der Waals surface area contributed by atoms with Gasteiger partial charge in [-0.25, -0.2) is 4.79 Å². The third-order valence-corrected chi connectivity index (χ3v) is 4.75. The van der Waals surface area contributed by atoms with E-state index in [4.69, 9.17) is 4.74 Å². The Balaban J connectivity index is 1.57. The Bertz CT molecular complexity index is 719. The van der Waals surface area contributed by atoms with Crippen LogP contribution in [0, 0.1) is 0 Å². The first-order valence-electron chi connectivity index (χ1n) is 9.08. The summed E-state index contributed by atoms with van der Waals surface area (Å²) in [7, 11) is 0. The number of aliphatic hydroxyl groups is 2. The molecule has 0 aromatic heterocycles. The number of esters is 1. The van der Waals surface area contributed by atoms with Gasteiger partial charge >= 0.3 is 5.97 Å². The van der Waals surface area contributed by atoms with Crippen molar-refractivity contribution in [2.45, 2.75) is 50.5 Å². The highest BCUT2D eigenvalue weighted by atomic mass is 16.5. The molecule has 5 heteroatoms. The Labute approximate surface area is 153 Å². The molecule has 5 nitrogen and oxygen atoms in total. The molecule has 0 amide bonds. The highest BCUT2D eigenvalue weighted by molar-refractivity contribution is 5.78. The molecule has 1 fully saturated rings. The van der Waals surface area contributed by atoms with E-state index in [2.05, 4.69) is 5.32 Å². The number of carbonyl (C=O) groups is 1. The Kier molecular flexibility index (Phi) is 6.39. The van der Waals surface area contributed by atoms with Crippen LogP contribution in [0.4, 0.5) is 0 Å². The minimum Gasteiger partial charge on any atom is -0.424 e. The molecule has 0 bridgehead atoms. The molecule has 1 aliphatic rings. The number of nitrogens with one attached hydrogen (secondary N) is 1. The van der Waals surface area contributed by atoms with Crippen LogP contribution in [0.15, 0.2) is 54.6 Å². The summed E-state index contributed by atoms with van der Waals surface area (Å²) in [5.41, 5.74) is 1.46. The summed E-state index contributed by atoms with van der Waals surface area (Å²) in [6, 6.07) is 16.0. The maximum atomic E-state index is 12.2. The van der Waals surface area contributed by atoms with Crippen LogP contribution < -0.4 is 10.1 Å². The molecule has 2 aromatic carbocycles. The molecule has 0 spiro atoms. The van der Waals surface area contributed by atoms with Crippen molar-refractivity contribution in [3.63, 3.8) is 0 Å². The van der Waals surface area contributed by atoms with E-state index in [0.29, 0.717) is 17.9 Å². The fourth-order valence-corrected chi connectivity index (χ4v) is 3.26. The predicted octanol–water partition coefficient (Wildman–Crippen LogP) is 2.72. The molecule has 0 saturated heterocycles. The van der Waals surface area contributed by atoms with Gasteiger partial charge in [0.15, 0.2) is 6.10 Å². The molecule has 0 radical (unpaired) electrons. The number of aliphatic hydroxyl groups excluding tert-OH is 2. The molecule has 26 heavy (non-hydrogen) atoms. The highest BCUT2D eigenvalue weighted by Gasteiger charge is 2.22. The monoisotopic (exact) mass is 355 g/mol. The van der Waals surface area contributed by atoms with Crippen molar-refractivity contribution in [3.8, 4) is 5.75 Å². The fraction of sp³-hybridized carbons (Fsp3) is 0.381. The van der Waals surface area contributed by atoms with Crippen molar-refractivity contribution in [2.75, 3.05) is 0 Å². The Hall–Kier alpha value is -2.21. The van der Waals surface area contributed by atoms with E-state index < -0.39 is 12.1 Å². The van der Waals surface area contributed by atoms with Gasteiger partial charge in [-0.15, -0.1) is 0 Å². The molecule has 3 atom stereocenters. The summed E-state index contributed by atoms with van der Waals surface area (Å²) >= 11 is 0. The smallest absolute Gasteiger partial charge is 0.345 e. The van der Waals surface area contributed by atoms with Gasteiger partial charge in [-0.2, -0.15) is 0 Å². The molecular weight excluding hydrogens is 330 g/mol. The lowest BCUT2D eigenvalue weighted by Crippen LogP contribution is -2.41. The van der Waals surface area contributed by atoms with Crippen LogP contribution in [-0.2, 0) is 11.3 Å². The van der Waals surface area contributed by atoms with Gasteiger partial charge in [0.05, 0.1) is 6.10 Å². The fourth-order valence-electron chi connectivity index (χ4n) is 3.26. The molecular formula is C21H25NO4. The highest BCUT2D eigenvalue weighted by Crippen LogP contribution is 2.21. The normalized spacial score (nSPS) is 21.2. The van der Waals surface area contributed by atoms with Crippen molar-refractivity contribution in [1.82, 2.24) is 5.32 Å². The molecule has 0 unspecified atom stereocenters. The lowest BCUT2D eigenvalue weighted by molar-refractivity contribution is -0.144. The largest absolute Gasteiger partial charge is 0.424 e. The summed E-state index contributed by atoms with van der Waals surface area (Å²) in [6.07, 6.45) is 2.41. The van der Waals surface area contributed by atoms with Crippen LogP contribution in [0.1, 0.15) is 42.9 Å². The molecule has 3 rings (SSSR count). The average Bonchev–Trinajstić information content (AvgIpc) is 2.68. The first kappa shape index (κ1) is 18.6. The maximum absolute atomic E-state index is 12.2. The average molecular weight is 355 g/mol. The zero-order valence-corrected chi connectivity index (χ0v) is 14.7. The van der Waals surface area contributed by atoms with Crippen molar-refractivity contribution < 1.29 is 19.7 Å². The lowest BCUT2D eigenvalue weighted by Gasteiger charge is -2.28. The van der Waals surface area contributed by atoms with Crippen LogP contribution >= 0.6 is 0 Å². The molecule has 0 aliphatic heterocycles. The summed E-state index contributed by atoms with van der Waals surface area (Å²) in [5, 5.41) is 23.5. The summed E-state index contributed by atoms with van der Waals surface area (Å²) in [6.45, 7) is 0.592. The molecule has 3 N–H and O–H groups in total. The number of benzene rings is 2. The number of hydrogen-bond donors (Lipinski definition) is 3. The predicted molar refractivity (Wildman–Crippen MR) is 98.6 cm³/mol. The van der Waals surface area contributed by atoms with Gasteiger partial charge in [0.1, 0.15) is 5.75 Å². The molecule has 0 heterocycles. The van der Waals surface area contributed by atoms with Crippen LogP contribution in [0.2, 0.25) is 0 Å². The van der Waals surface area contributed by atoms with E-state index >= 15 is 0 Å². The second-order valence-electron chi connectivity index (χ2n) is 6.72. The first-order valence-corrected chi connectivity index (χ1v) is 9.08. The van der Waals surface area contributed by atoms with Gasteiger partial charge in [0.25, 0.3) is 0 Å². The SMILES string of the molecule is O=C(Oc1cccc(CN[C@H]2CCCC[C@@H]2O)c1)[C@H](O)c1ccccc1. The molecule has 2 aromatic rings. The minimum atomic E-state index is -1.31. The summed E-state index contributed by atoms with van der Waals surface area (Å²) in [5.74, 6) is -0.308. The number of hydrogen-bond acceptors (Lipinski definition) is 5. The van der Waals surface area contributed by atoms with E-state index in [1.807, 2.05) is 18.2 Å². The van der Waals surface area contributed by atoms with E-state index in [1.165, 1.54) is 0 Å². The van der Waals surface area contributed by atoms with Gasteiger partial charge in [-0.3, -0.25) is 0 Å². The van der Waals surface area contributed by atoms with Gasteiger partial charge < -0.3 is 20.3 Å².